The van der Waals surface area contributed by atoms with Gasteiger partial charge in [-0.15, -0.1) is 0 Å². The van der Waals surface area contributed by atoms with Crippen molar-refractivity contribution < 1.29 is 4.79 Å². The molecule has 0 N–H and O–H groups in total. The van der Waals surface area contributed by atoms with Gasteiger partial charge in [-0.3, -0.25) is 4.90 Å². The summed E-state index contributed by atoms with van der Waals surface area (Å²) in [6.45, 7) is 0.866. The van der Waals surface area contributed by atoms with E-state index < -0.39 is 0 Å². The molecule has 1 aromatic rings. The summed E-state index contributed by atoms with van der Waals surface area (Å²) >= 11 is 3.38. The van der Waals surface area contributed by atoms with Crippen LogP contribution in [-0.2, 0) is 11.3 Å². The van der Waals surface area contributed by atoms with Crippen molar-refractivity contribution in [2.24, 2.45) is 0 Å². The maximum Gasteiger partial charge on any atom is 0.141 e. The first-order valence-electron chi connectivity index (χ1n) is 4.20. The highest BCUT2D eigenvalue weighted by atomic mass is 79.9. The molecule has 3 heteroatoms. The predicted molar refractivity (Wildman–Crippen MR) is 54.6 cm³/mol. The number of aldehydes is 1. The van der Waals surface area contributed by atoms with Gasteiger partial charge in [0.2, 0.25) is 0 Å². The van der Waals surface area contributed by atoms with Gasteiger partial charge in [-0.2, -0.15) is 0 Å². The first kappa shape index (κ1) is 8.91. The molecule has 1 aromatic carbocycles. The Hall–Kier alpha value is -0.670. The normalized spacial score (nSPS) is 21.5. The summed E-state index contributed by atoms with van der Waals surface area (Å²) in [6, 6.07) is 8.03. The van der Waals surface area contributed by atoms with Gasteiger partial charge in [-0.05, 0) is 11.1 Å². The molecule has 2 nitrogen and oxygen atoms in total. The molecule has 68 valence electrons. The highest BCUT2D eigenvalue weighted by molar-refractivity contribution is 9.09. The van der Waals surface area contributed by atoms with Gasteiger partial charge in [-0.25, -0.2) is 0 Å². The second kappa shape index (κ2) is 3.60. The average Bonchev–Trinajstić information content (AvgIpc) is 2.55. The van der Waals surface area contributed by atoms with Crippen molar-refractivity contribution in [1.29, 1.82) is 0 Å². The van der Waals surface area contributed by atoms with E-state index in [4.69, 9.17) is 0 Å². The summed E-state index contributed by atoms with van der Waals surface area (Å²) in [5.41, 5.74) is 3.15. The molecule has 0 bridgehead atoms. The number of rotatable bonds is 2. The third-order valence-corrected chi connectivity index (χ3v) is 3.07. The van der Waals surface area contributed by atoms with Gasteiger partial charge in [-0.1, -0.05) is 40.2 Å². The quantitative estimate of drug-likeness (QED) is 0.448. The maximum atomic E-state index is 10.9. The van der Waals surface area contributed by atoms with Crippen LogP contribution in [0.2, 0.25) is 0 Å². The van der Waals surface area contributed by atoms with Crippen LogP contribution >= 0.6 is 15.9 Å². The third-order valence-electron chi connectivity index (χ3n) is 2.42. The summed E-state index contributed by atoms with van der Waals surface area (Å²) in [5, 5.41) is 0. The zero-order valence-corrected chi connectivity index (χ0v) is 8.70. The van der Waals surface area contributed by atoms with Gasteiger partial charge in [0, 0.05) is 6.54 Å². The molecule has 0 amide bonds. The zero-order valence-electron chi connectivity index (χ0n) is 7.11. The molecule has 0 radical (unpaired) electrons. The zero-order chi connectivity index (χ0) is 9.26. The van der Waals surface area contributed by atoms with Crippen molar-refractivity contribution in [3.63, 3.8) is 0 Å². The second-order valence-corrected chi connectivity index (χ2v) is 3.65. The minimum atomic E-state index is -0.0597. The number of nitrogens with zero attached hydrogens (tertiary/aromatic N) is 1. The van der Waals surface area contributed by atoms with Crippen LogP contribution in [0.15, 0.2) is 24.3 Å². The standard InChI is InChI=1S/C10H10BrNO/c11-7-12-5-8-3-1-2-4-9(8)10(12)6-13/h1-4,6,10H,5,7H2. The van der Waals surface area contributed by atoms with Gasteiger partial charge in [0.15, 0.2) is 0 Å². The predicted octanol–water partition coefficient (Wildman–Crippen LogP) is 2.09. The van der Waals surface area contributed by atoms with Crippen molar-refractivity contribution in [2.45, 2.75) is 12.6 Å². The Labute approximate surface area is 85.7 Å². The molecule has 0 saturated carbocycles. The van der Waals surface area contributed by atoms with Gasteiger partial charge >= 0.3 is 0 Å². The van der Waals surface area contributed by atoms with E-state index in [9.17, 15) is 4.79 Å². The molecule has 1 aliphatic rings. The Bertz CT molecular complexity index is 326. The molecular formula is C10H10BrNO. The summed E-state index contributed by atoms with van der Waals surface area (Å²) in [7, 11) is 0. The molecule has 2 rings (SSSR count). The lowest BCUT2D eigenvalue weighted by Crippen LogP contribution is -2.20. The molecule has 1 unspecified atom stereocenters. The molecule has 0 fully saturated rings. The summed E-state index contributed by atoms with van der Waals surface area (Å²) < 4.78 is 0. The van der Waals surface area contributed by atoms with Gasteiger partial charge in [0.1, 0.15) is 6.29 Å². The van der Waals surface area contributed by atoms with Gasteiger partial charge in [0.05, 0.1) is 11.5 Å². The Morgan fingerprint density at radius 2 is 2.31 bits per heavy atom. The molecule has 1 heterocycles. The van der Waals surface area contributed by atoms with Crippen LogP contribution < -0.4 is 0 Å². The number of benzene rings is 1. The molecule has 1 atom stereocenters. The lowest BCUT2D eigenvalue weighted by molar-refractivity contribution is -0.111. The van der Waals surface area contributed by atoms with Crippen LogP contribution in [0.1, 0.15) is 17.2 Å². The van der Waals surface area contributed by atoms with Crippen molar-refractivity contribution in [3.05, 3.63) is 35.4 Å². The fourth-order valence-electron chi connectivity index (χ4n) is 1.76. The van der Waals surface area contributed by atoms with Crippen LogP contribution in [0.4, 0.5) is 0 Å². The van der Waals surface area contributed by atoms with Crippen molar-refractivity contribution in [3.8, 4) is 0 Å². The van der Waals surface area contributed by atoms with Crippen LogP contribution in [0.25, 0.3) is 0 Å². The fourth-order valence-corrected chi connectivity index (χ4v) is 2.25. The van der Waals surface area contributed by atoms with E-state index in [2.05, 4.69) is 26.9 Å². The van der Waals surface area contributed by atoms with Crippen molar-refractivity contribution in [1.82, 2.24) is 4.90 Å². The van der Waals surface area contributed by atoms with E-state index in [1.54, 1.807) is 0 Å². The SMILES string of the molecule is O=CC1c2ccccc2CN1CBr. The van der Waals surface area contributed by atoms with Crippen LogP contribution in [0, 0.1) is 0 Å². The molecule has 0 aliphatic carbocycles. The summed E-state index contributed by atoms with van der Waals surface area (Å²) in [4.78, 5) is 13.0. The topological polar surface area (TPSA) is 20.3 Å². The number of fused-ring (bicyclic) bond motifs is 1. The number of hydrogen-bond acceptors (Lipinski definition) is 2. The Balaban J connectivity index is 2.39. The molecule has 1 aliphatic heterocycles. The monoisotopic (exact) mass is 239 g/mol. The Morgan fingerprint density at radius 3 is 3.00 bits per heavy atom. The largest absolute Gasteiger partial charge is 0.301 e. The first-order valence-corrected chi connectivity index (χ1v) is 5.32. The lowest BCUT2D eigenvalue weighted by atomic mass is 10.1. The van der Waals surface area contributed by atoms with E-state index in [0.717, 1.165) is 23.8 Å². The minimum Gasteiger partial charge on any atom is -0.301 e. The highest BCUT2D eigenvalue weighted by Gasteiger charge is 2.28. The third kappa shape index (κ3) is 1.42. The summed E-state index contributed by atoms with van der Waals surface area (Å²) in [5.74, 6) is 0. The number of alkyl halides is 1. The number of hydrogen-bond donors (Lipinski definition) is 0. The van der Waals surface area contributed by atoms with E-state index in [-0.39, 0.29) is 6.04 Å². The molecule has 0 saturated heterocycles. The summed E-state index contributed by atoms with van der Waals surface area (Å²) in [6.07, 6.45) is 1.01. The Kier molecular flexibility index (Phi) is 2.47. The van der Waals surface area contributed by atoms with Crippen molar-refractivity contribution >= 4 is 22.2 Å². The molecule has 0 spiro atoms. The van der Waals surface area contributed by atoms with Gasteiger partial charge in [0.25, 0.3) is 0 Å². The number of carbonyl (C=O) groups is 1. The van der Waals surface area contributed by atoms with E-state index >= 15 is 0 Å². The smallest absolute Gasteiger partial charge is 0.141 e. The van der Waals surface area contributed by atoms with Crippen LogP contribution in [0.5, 0.6) is 0 Å². The molecule has 0 aromatic heterocycles. The lowest BCUT2D eigenvalue weighted by Gasteiger charge is -2.16. The fraction of sp³-hybridized carbons (Fsp3) is 0.300. The average molecular weight is 240 g/mol. The van der Waals surface area contributed by atoms with Gasteiger partial charge < -0.3 is 4.79 Å². The highest BCUT2D eigenvalue weighted by Crippen LogP contribution is 2.31. The molecule has 13 heavy (non-hydrogen) atoms. The van der Waals surface area contributed by atoms with E-state index in [0.29, 0.717) is 0 Å². The van der Waals surface area contributed by atoms with Crippen LogP contribution in [-0.4, -0.2) is 16.6 Å². The second-order valence-electron chi connectivity index (χ2n) is 3.15. The first-order chi connectivity index (χ1) is 6.36. The molecular weight excluding hydrogens is 230 g/mol. The van der Waals surface area contributed by atoms with E-state index in [1.807, 2.05) is 18.2 Å². The Morgan fingerprint density at radius 1 is 1.54 bits per heavy atom. The van der Waals surface area contributed by atoms with Crippen LogP contribution in [0.3, 0.4) is 0 Å². The van der Waals surface area contributed by atoms with E-state index in [1.165, 1.54) is 5.56 Å². The number of carbonyl (C=O) groups excluding carboxylic acids is 1. The van der Waals surface area contributed by atoms with Crippen molar-refractivity contribution in [2.75, 3.05) is 5.45 Å². The maximum absolute atomic E-state index is 10.9. The minimum absolute atomic E-state index is 0.0597. The number of halogens is 1.